The largest absolute Gasteiger partial charge is 0.322 e. The van der Waals surface area contributed by atoms with E-state index >= 15 is 0 Å². The molecule has 0 radical (unpaired) electrons. The Kier molecular flexibility index (Phi) is 4.27. The first-order chi connectivity index (χ1) is 12.6. The minimum absolute atomic E-state index is 0.0914. The normalized spacial score (nSPS) is 10.8. The molecule has 1 amide bonds. The van der Waals surface area contributed by atoms with E-state index in [-0.39, 0.29) is 5.91 Å². The van der Waals surface area contributed by atoms with Gasteiger partial charge in [0.1, 0.15) is 5.01 Å². The predicted octanol–water partition coefficient (Wildman–Crippen LogP) is 5.83. The van der Waals surface area contributed by atoms with Gasteiger partial charge < -0.3 is 5.32 Å². The SMILES string of the molecule is Cc1ccc2nc(-c3ccc(NC(=O)c4ccccc4C)cc3)sc2c1. The maximum atomic E-state index is 12.4. The summed E-state index contributed by atoms with van der Waals surface area (Å²) in [5.41, 5.74) is 5.75. The minimum atomic E-state index is -0.0914. The molecular weight excluding hydrogens is 340 g/mol. The van der Waals surface area contributed by atoms with Gasteiger partial charge in [0.15, 0.2) is 0 Å². The molecule has 1 aromatic heterocycles. The quantitative estimate of drug-likeness (QED) is 0.500. The number of hydrogen-bond donors (Lipinski definition) is 1. The Balaban J connectivity index is 1.56. The van der Waals surface area contributed by atoms with Crippen LogP contribution in [0.1, 0.15) is 21.5 Å². The molecule has 0 saturated carbocycles. The number of aryl methyl sites for hydroxylation is 2. The highest BCUT2D eigenvalue weighted by molar-refractivity contribution is 7.21. The lowest BCUT2D eigenvalue weighted by Crippen LogP contribution is -2.13. The Hall–Kier alpha value is -2.98. The van der Waals surface area contributed by atoms with E-state index in [1.165, 1.54) is 10.3 Å². The molecule has 4 rings (SSSR count). The van der Waals surface area contributed by atoms with Crippen LogP contribution < -0.4 is 5.32 Å². The predicted molar refractivity (Wildman–Crippen MR) is 109 cm³/mol. The van der Waals surface area contributed by atoms with Crippen LogP contribution in [0.5, 0.6) is 0 Å². The Bertz CT molecular complexity index is 1100. The molecule has 0 aliphatic rings. The minimum Gasteiger partial charge on any atom is -0.322 e. The molecule has 3 nitrogen and oxygen atoms in total. The van der Waals surface area contributed by atoms with Crippen LogP contribution >= 0.6 is 11.3 Å². The van der Waals surface area contributed by atoms with Crippen molar-refractivity contribution in [3.63, 3.8) is 0 Å². The van der Waals surface area contributed by atoms with Gasteiger partial charge in [-0.3, -0.25) is 4.79 Å². The van der Waals surface area contributed by atoms with E-state index in [0.29, 0.717) is 5.56 Å². The van der Waals surface area contributed by atoms with Crippen molar-refractivity contribution in [2.24, 2.45) is 0 Å². The number of rotatable bonds is 3. The molecule has 0 saturated heterocycles. The van der Waals surface area contributed by atoms with Crippen LogP contribution in [0.15, 0.2) is 66.7 Å². The van der Waals surface area contributed by atoms with Gasteiger partial charge in [0, 0.05) is 16.8 Å². The van der Waals surface area contributed by atoms with Crippen LogP contribution in [0, 0.1) is 13.8 Å². The van der Waals surface area contributed by atoms with Crippen LogP contribution in [0.3, 0.4) is 0 Å². The summed E-state index contributed by atoms with van der Waals surface area (Å²) >= 11 is 1.68. The third kappa shape index (κ3) is 3.24. The second-order valence-corrected chi connectivity index (χ2v) is 7.37. The molecule has 128 valence electrons. The molecule has 3 aromatic carbocycles. The molecule has 4 heteroatoms. The maximum Gasteiger partial charge on any atom is 0.255 e. The maximum absolute atomic E-state index is 12.4. The highest BCUT2D eigenvalue weighted by Crippen LogP contribution is 2.31. The molecule has 1 N–H and O–H groups in total. The number of fused-ring (bicyclic) bond motifs is 1. The number of aromatic nitrogens is 1. The highest BCUT2D eigenvalue weighted by atomic mass is 32.1. The van der Waals surface area contributed by atoms with Gasteiger partial charge in [-0.25, -0.2) is 4.98 Å². The highest BCUT2D eigenvalue weighted by Gasteiger charge is 2.10. The van der Waals surface area contributed by atoms with Crippen molar-refractivity contribution in [1.82, 2.24) is 4.98 Å². The van der Waals surface area contributed by atoms with E-state index < -0.39 is 0 Å². The number of thiazole rings is 1. The van der Waals surface area contributed by atoms with Gasteiger partial charge in [-0.2, -0.15) is 0 Å². The number of carbonyl (C=O) groups is 1. The molecular formula is C22H18N2OS. The van der Waals surface area contributed by atoms with Crippen LogP contribution in [-0.4, -0.2) is 10.9 Å². The Morgan fingerprint density at radius 2 is 1.73 bits per heavy atom. The van der Waals surface area contributed by atoms with Crippen LogP contribution in [-0.2, 0) is 0 Å². The van der Waals surface area contributed by atoms with E-state index in [1.807, 2.05) is 55.5 Å². The molecule has 0 bridgehead atoms. The number of benzene rings is 3. The monoisotopic (exact) mass is 358 g/mol. The Morgan fingerprint density at radius 3 is 2.50 bits per heavy atom. The second-order valence-electron chi connectivity index (χ2n) is 6.34. The summed E-state index contributed by atoms with van der Waals surface area (Å²) in [4.78, 5) is 17.1. The zero-order valence-corrected chi connectivity index (χ0v) is 15.4. The third-order valence-corrected chi connectivity index (χ3v) is 5.39. The summed E-state index contributed by atoms with van der Waals surface area (Å²) in [6, 6.07) is 21.7. The zero-order chi connectivity index (χ0) is 18.1. The van der Waals surface area contributed by atoms with Crippen LogP contribution in [0.25, 0.3) is 20.8 Å². The fourth-order valence-corrected chi connectivity index (χ4v) is 3.95. The number of amides is 1. The van der Waals surface area contributed by atoms with Crippen molar-refractivity contribution in [3.05, 3.63) is 83.4 Å². The molecule has 4 aromatic rings. The number of nitrogens with zero attached hydrogens (tertiary/aromatic N) is 1. The van der Waals surface area contributed by atoms with Gasteiger partial charge in [0.2, 0.25) is 0 Å². The van der Waals surface area contributed by atoms with Crippen LogP contribution in [0.4, 0.5) is 5.69 Å². The summed E-state index contributed by atoms with van der Waals surface area (Å²) in [5.74, 6) is -0.0914. The van der Waals surface area contributed by atoms with Crippen molar-refractivity contribution in [3.8, 4) is 10.6 Å². The lowest BCUT2D eigenvalue weighted by atomic mass is 10.1. The summed E-state index contributed by atoms with van der Waals surface area (Å²) in [5, 5.41) is 3.94. The average molecular weight is 358 g/mol. The molecule has 0 unspecified atom stereocenters. The number of anilines is 1. The summed E-state index contributed by atoms with van der Waals surface area (Å²) in [6.07, 6.45) is 0. The number of nitrogens with one attached hydrogen (secondary N) is 1. The Labute approximate surface area is 156 Å². The average Bonchev–Trinajstić information content (AvgIpc) is 3.05. The third-order valence-electron chi connectivity index (χ3n) is 4.32. The van der Waals surface area contributed by atoms with Gasteiger partial charge in [0.25, 0.3) is 5.91 Å². The van der Waals surface area contributed by atoms with Gasteiger partial charge in [-0.15, -0.1) is 11.3 Å². The van der Waals surface area contributed by atoms with Crippen molar-refractivity contribution in [2.75, 3.05) is 5.32 Å². The fraction of sp³-hybridized carbons (Fsp3) is 0.0909. The zero-order valence-electron chi connectivity index (χ0n) is 14.6. The summed E-state index contributed by atoms with van der Waals surface area (Å²) in [7, 11) is 0. The van der Waals surface area contributed by atoms with Crippen LogP contribution in [0.2, 0.25) is 0 Å². The van der Waals surface area contributed by atoms with Crippen molar-refractivity contribution in [1.29, 1.82) is 0 Å². The molecule has 0 spiro atoms. The van der Waals surface area contributed by atoms with E-state index in [2.05, 4.69) is 30.4 Å². The van der Waals surface area contributed by atoms with Gasteiger partial charge in [0.05, 0.1) is 10.2 Å². The smallest absolute Gasteiger partial charge is 0.255 e. The molecule has 0 atom stereocenters. The van der Waals surface area contributed by atoms with E-state index in [1.54, 1.807) is 11.3 Å². The van der Waals surface area contributed by atoms with Gasteiger partial charge in [-0.05, 0) is 67.4 Å². The molecule has 26 heavy (non-hydrogen) atoms. The number of carbonyl (C=O) groups excluding carboxylic acids is 1. The van der Waals surface area contributed by atoms with E-state index in [0.717, 1.165) is 27.3 Å². The topological polar surface area (TPSA) is 42.0 Å². The summed E-state index contributed by atoms with van der Waals surface area (Å²) < 4.78 is 1.19. The van der Waals surface area contributed by atoms with Crippen molar-refractivity contribution in [2.45, 2.75) is 13.8 Å². The summed E-state index contributed by atoms with van der Waals surface area (Å²) in [6.45, 7) is 4.03. The first kappa shape index (κ1) is 16.5. The van der Waals surface area contributed by atoms with Crippen molar-refractivity contribution >= 4 is 33.1 Å². The number of hydrogen-bond acceptors (Lipinski definition) is 3. The second kappa shape index (κ2) is 6.73. The lowest BCUT2D eigenvalue weighted by Gasteiger charge is -2.08. The van der Waals surface area contributed by atoms with Crippen molar-refractivity contribution < 1.29 is 4.79 Å². The lowest BCUT2D eigenvalue weighted by molar-refractivity contribution is 0.102. The Morgan fingerprint density at radius 1 is 0.962 bits per heavy atom. The standard InChI is InChI=1S/C22H18N2OS/c1-14-7-12-19-20(13-14)26-22(24-19)16-8-10-17(11-9-16)23-21(25)18-6-4-3-5-15(18)2/h3-13H,1-2H3,(H,23,25). The van der Waals surface area contributed by atoms with E-state index in [4.69, 9.17) is 4.98 Å². The fourth-order valence-electron chi connectivity index (χ4n) is 2.88. The molecule has 0 aliphatic carbocycles. The molecule has 1 heterocycles. The van der Waals surface area contributed by atoms with Gasteiger partial charge >= 0.3 is 0 Å². The first-order valence-electron chi connectivity index (χ1n) is 8.45. The molecule has 0 aliphatic heterocycles. The molecule has 0 fully saturated rings. The van der Waals surface area contributed by atoms with E-state index in [9.17, 15) is 4.79 Å². The van der Waals surface area contributed by atoms with Gasteiger partial charge in [-0.1, -0.05) is 24.3 Å². The first-order valence-corrected chi connectivity index (χ1v) is 9.26.